The summed E-state index contributed by atoms with van der Waals surface area (Å²) in [6.07, 6.45) is 3.88. The number of aliphatic hydroxyl groups excluding tert-OH is 1. The molecule has 3 N–H and O–H groups in total. The number of rotatable bonds is 1. The first-order chi connectivity index (χ1) is 12.9. The van der Waals surface area contributed by atoms with Gasteiger partial charge in [-0.3, -0.25) is 0 Å². The molecule has 0 radical (unpaired) electrons. The molecule has 4 rings (SSSR count). The molecule has 0 bridgehead atoms. The van der Waals surface area contributed by atoms with Gasteiger partial charge in [0, 0.05) is 11.5 Å². The van der Waals surface area contributed by atoms with E-state index >= 15 is 0 Å². The van der Waals surface area contributed by atoms with Crippen molar-refractivity contribution in [3.63, 3.8) is 0 Å². The summed E-state index contributed by atoms with van der Waals surface area (Å²) in [6.45, 7) is 10.5. The van der Waals surface area contributed by atoms with Gasteiger partial charge in [-0.25, -0.2) is 4.79 Å². The molecule has 1 aliphatic heterocycles. The molecule has 2 saturated carbocycles. The number of ether oxygens (including phenoxy) is 1. The van der Waals surface area contributed by atoms with Crippen LogP contribution < -0.4 is 4.74 Å². The molecular weight excluding hydrogens is 356 g/mol. The van der Waals surface area contributed by atoms with Crippen molar-refractivity contribution in [2.75, 3.05) is 0 Å². The Hall–Kier alpha value is -1.75. The van der Waals surface area contributed by atoms with E-state index in [9.17, 15) is 20.1 Å². The Morgan fingerprint density at radius 2 is 1.82 bits per heavy atom. The zero-order valence-electron chi connectivity index (χ0n) is 17.5. The summed E-state index contributed by atoms with van der Waals surface area (Å²) < 4.78 is 6.51. The summed E-state index contributed by atoms with van der Waals surface area (Å²) in [4.78, 5) is 11.7. The molecule has 5 atom stereocenters. The number of aryl methyl sites for hydroxylation is 1. The van der Waals surface area contributed by atoms with Crippen molar-refractivity contribution in [3.05, 3.63) is 22.8 Å². The fourth-order valence-corrected chi connectivity index (χ4v) is 6.89. The lowest BCUT2D eigenvalue weighted by Crippen LogP contribution is -2.63. The summed E-state index contributed by atoms with van der Waals surface area (Å²) >= 11 is 0. The predicted octanol–water partition coefficient (Wildman–Crippen LogP) is 4.31. The molecule has 1 aromatic rings. The number of benzene rings is 1. The summed E-state index contributed by atoms with van der Waals surface area (Å²) in [7, 11) is 0. The van der Waals surface area contributed by atoms with E-state index in [1.54, 1.807) is 13.0 Å². The molecule has 5 nitrogen and oxygen atoms in total. The third-order valence-corrected chi connectivity index (χ3v) is 8.50. The molecule has 28 heavy (non-hydrogen) atoms. The largest absolute Gasteiger partial charge is 0.507 e. The average molecular weight is 389 g/mol. The minimum Gasteiger partial charge on any atom is -0.507 e. The Kier molecular flexibility index (Phi) is 4.11. The maximum absolute atomic E-state index is 11.7. The number of hydrogen-bond donors (Lipinski definition) is 3. The van der Waals surface area contributed by atoms with E-state index in [1.165, 1.54) is 0 Å². The van der Waals surface area contributed by atoms with Crippen LogP contribution in [0.5, 0.6) is 11.5 Å². The lowest BCUT2D eigenvalue weighted by Gasteiger charge is -2.64. The minimum atomic E-state index is -1.11. The fraction of sp³-hybridized carbons (Fsp3) is 0.696. The predicted molar refractivity (Wildman–Crippen MR) is 106 cm³/mol. The van der Waals surface area contributed by atoms with E-state index in [0.717, 1.165) is 25.7 Å². The Balaban J connectivity index is 1.82. The standard InChI is InChI=1S/C23H32O5/c1-12-10-14-13(19(25)18(12)20(26)27)11-16-22(4)8-7-17(24)21(2,3)15(22)6-9-23(16,5)28-14/h10,15-17,24-25H,6-9,11H2,1-5H3,(H,26,27)/t15-,16+,17-,22-,23+/m0/s1. The van der Waals surface area contributed by atoms with Gasteiger partial charge in [-0.05, 0) is 74.3 Å². The third kappa shape index (κ3) is 2.44. The number of aliphatic hydroxyl groups is 1. The van der Waals surface area contributed by atoms with Crippen LogP contribution in [0.15, 0.2) is 6.07 Å². The van der Waals surface area contributed by atoms with Crippen molar-refractivity contribution in [2.45, 2.75) is 78.4 Å². The summed E-state index contributed by atoms with van der Waals surface area (Å²) in [5.74, 6) is -0.117. The molecule has 0 unspecified atom stereocenters. The van der Waals surface area contributed by atoms with Crippen molar-refractivity contribution in [3.8, 4) is 11.5 Å². The highest BCUT2D eigenvalue weighted by Gasteiger charge is 2.62. The molecule has 2 aliphatic carbocycles. The molecule has 5 heteroatoms. The number of hydrogen-bond acceptors (Lipinski definition) is 4. The number of carboxylic acid groups (broad SMARTS) is 1. The van der Waals surface area contributed by atoms with Crippen molar-refractivity contribution in [1.82, 2.24) is 0 Å². The van der Waals surface area contributed by atoms with Crippen LogP contribution in [-0.2, 0) is 6.42 Å². The van der Waals surface area contributed by atoms with Gasteiger partial charge < -0.3 is 20.1 Å². The van der Waals surface area contributed by atoms with Crippen LogP contribution in [0.4, 0.5) is 0 Å². The number of carbonyl (C=O) groups is 1. The first kappa shape index (κ1) is 19.6. The number of fused-ring (bicyclic) bond motifs is 4. The first-order valence-corrected chi connectivity index (χ1v) is 10.4. The molecule has 0 spiro atoms. The summed E-state index contributed by atoms with van der Waals surface area (Å²) in [5.41, 5.74) is 0.566. The Morgan fingerprint density at radius 3 is 2.46 bits per heavy atom. The highest BCUT2D eigenvalue weighted by atomic mass is 16.5. The summed E-state index contributed by atoms with van der Waals surface area (Å²) in [6, 6.07) is 1.77. The highest BCUT2D eigenvalue weighted by molar-refractivity contribution is 5.93. The second kappa shape index (κ2) is 5.88. The Labute approximate surface area is 166 Å². The highest BCUT2D eigenvalue weighted by Crippen LogP contribution is 2.65. The van der Waals surface area contributed by atoms with Crippen LogP contribution >= 0.6 is 0 Å². The van der Waals surface area contributed by atoms with E-state index in [-0.39, 0.29) is 39.8 Å². The molecule has 0 saturated heterocycles. The molecular formula is C23H32O5. The number of carboxylic acids is 1. The van der Waals surface area contributed by atoms with Crippen LogP contribution in [0, 0.1) is 29.6 Å². The maximum atomic E-state index is 11.7. The fourth-order valence-electron chi connectivity index (χ4n) is 6.89. The lowest BCUT2D eigenvalue weighted by atomic mass is 9.44. The zero-order chi connectivity index (χ0) is 20.6. The normalized spacial score (nSPS) is 38.6. The zero-order valence-corrected chi connectivity index (χ0v) is 17.5. The maximum Gasteiger partial charge on any atom is 0.339 e. The van der Waals surface area contributed by atoms with Gasteiger partial charge in [0.2, 0.25) is 0 Å². The first-order valence-electron chi connectivity index (χ1n) is 10.4. The van der Waals surface area contributed by atoms with E-state index in [0.29, 0.717) is 29.2 Å². The third-order valence-electron chi connectivity index (χ3n) is 8.50. The van der Waals surface area contributed by atoms with Gasteiger partial charge in [0.1, 0.15) is 22.7 Å². The van der Waals surface area contributed by atoms with Crippen LogP contribution in [0.2, 0.25) is 0 Å². The molecule has 2 fully saturated rings. The monoisotopic (exact) mass is 388 g/mol. The van der Waals surface area contributed by atoms with Gasteiger partial charge in [-0.15, -0.1) is 0 Å². The smallest absolute Gasteiger partial charge is 0.339 e. The van der Waals surface area contributed by atoms with Gasteiger partial charge in [-0.2, -0.15) is 0 Å². The van der Waals surface area contributed by atoms with Crippen molar-refractivity contribution in [1.29, 1.82) is 0 Å². The summed E-state index contributed by atoms with van der Waals surface area (Å²) in [5, 5.41) is 31.0. The molecule has 3 aliphatic rings. The number of aromatic hydroxyl groups is 1. The molecule has 1 aromatic carbocycles. The minimum absolute atomic E-state index is 0.0251. The average Bonchev–Trinajstić information content (AvgIpc) is 2.56. The van der Waals surface area contributed by atoms with Gasteiger partial charge in [0.15, 0.2) is 0 Å². The number of aromatic carboxylic acids is 1. The van der Waals surface area contributed by atoms with E-state index in [1.807, 2.05) is 0 Å². The molecule has 1 heterocycles. The van der Waals surface area contributed by atoms with Gasteiger partial charge >= 0.3 is 5.97 Å². The van der Waals surface area contributed by atoms with Crippen molar-refractivity contribution in [2.24, 2.45) is 22.7 Å². The molecule has 154 valence electrons. The van der Waals surface area contributed by atoms with Crippen molar-refractivity contribution < 1.29 is 24.9 Å². The lowest BCUT2D eigenvalue weighted by molar-refractivity contribution is -0.191. The topological polar surface area (TPSA) is 87.0 Å². The quantitative estimate of drug-likeness (QED) is 0.667. The Morgan fingerprint density at radius 1 is 1.14 bits per heavy atom. The van der Waals surface area contributed by atoms with Crippen LogP contribution in [0.3, 0.4) is 0 Å². The molecule has 0 amide bonds. The van der Waals surface area contributed by atoms with E-state index < -0.39 is 5.97 Å². The SMILES string of the molecule is Cc1cc2c(c(O)c1C(=O)O)C[C@@H]1[C@@]3(C)CC[C@H](O)C(C)(C)[C@@H]3CC[C@@]1(C)O2. The van der Waals surface area contributed by atoms with Gasteiger partial charge in [0.25, 0.3) is 0 Å². The molecule has 0 aromatic heterocycles. The van der Waals surface area contributed by atoms with Gasteiger partial charge in [-0.1, -0.05) is 20.8 Å². The van der Waals surface area contributed by atoms with E-state index in [2.05, 4.69) is 27.7 Å². The Bertz CT molecular complexity index is 844. The van der Waals surface area contributed by atoms with Crippen molar-refractivity contribution >= 4 is 5.97 Å². The van der Waals surface area contributed by atoms with Crippen LogP contribution in [-0.4, -0.2) is 33.0 Å². The van der Waals surface area contributed by atoms with E-state index in [4.69, 9.17) is 4.74 Å². The van der Waals surface area contributed by atoms with Crippen LogP contribution in [0.1, 0.15) is 74.9 Å². The second-order valence-electron chi connectivity index (χ2n) is 10.3. The van der Waals surface area contributed by atoms with Gasteiger partial charge in [0.05, 0.1) is 6.10 Å². The van der Waals surface area contributed by atoms with Crippen LogP contribution in [0.25, 0.3) is 0 Å². The number of phenols is 1. The second-order valence-corrected chi connectivity index (χ2v) is 10.3.